The summed E-state index contributed by atoms with van der Waals surface area (Å²) in [5, 5.41) is 6.60. The molecule has 2 heterocycles. The van der Waals surface area contributed by atoms with Gasteiger partial charge in [0.1, 0.15) is 16.7 Å². The van der Waals surface area contributed by atoms with Crippen molar-refractivity contribution in [1.29, 1.82) is 0 Å². The number of benzene rings is 8. The molecule has 2 aromatic heterocycles. The second kappa shape index (κ2) is 12.8. The summed E-state index contributed by atoms with van der Waals surface area (Å²) in [4.78, 5) is 7.35. The Hall–Kier alpha value is -7.17. The predicted molar refractivity (Wildman–Crippen MR) is 228 cm³/mol. The zero-order valence-corrected chi connectivity index (χ0v) is 29.9. The number of rotatable bonds is 6. The third-order valence-electron chi connectivity index (χ3n) is 10.9. The lowest BCUT2D eigenvalue weighted by Gasteiger charge is -2.29. The minimum atomic E-state index is 0.557. The zero-order chi connectivity index (χ0) is 36.3. The number of hydrogen-bond donors (Lipinski definition) is 0. The van der Waals surface area contributed by atoms with E-state index in [-0.39, 0.29) is 0 Å². The van der Waals surface area contributed by atoms with Gasteiger partial charge < -0.3 is 13.7 Å². The number of nitrogens with zero attached hydrogens (tertiary/aromatic N) is 2. The molecule has 0 radical (unpaired) electrons. The molecule has 260 valence electrons. The van der Waals surface area contributed by atoms with Gasteiger partial charge in [0.2, 0.25) is 5.89 Å². The van der Waals surface area contributed by atoms with Crippen LogP contribution in [0.15, 0.2) is 197 Å². The lowest BCUT2D eigenvalue weighted by molar-refractivity contribution is 0.616. The highest BCUT2D eigenvalue weighted by Crippen LogP contribution is 2.47. The smallest absolute Gasteiger partial charge is 0.231 e. The van der Waals surface area contributed by atoms with Crippen LogP contribution in [-0.4, -0.2) is 4.98 Å². The van der Waals surface area contributed by atoms with Gasteiger partial charge in [0.05, 0.1) is 11.3 Å². The molecule has 4 nitrogen and oxygen atoms in total. The molecule has 0 unspecified atom stereocenters. The molecule has 4 heteroatoms. The van der Waals surface area contributed by atoms with Crippen LogP contribution >= 0.6 is 0 Å². The summed E-state index contributed by atoms with van der Waals surface area (Å²) >= 11 is 0. The van der Waals surface area contributed by atoms with Gasteiger partial charge in [-0.15, -0.1) is 0 Å². The van der Waals surface area contributed by atoms with Crippen LogP contribution in [0.4, 0.5) is 11.4 Å². The van der Waals surface area contributed by atoms with Gasteiger partial charge in [-0.05, 0) is 99.8 Å². The maximum Gasteiger partial charge on any atom is 0.231 e. The molecule has 55 heavy (non-hydrogen) atoms. The van der Waals surface area contributed by atoms with E-state index in [9.17, 15) is 0 Å². The highest BCUT2D eigenvalue weighted by atomic mass is 16.4. The van der Waals surface area contributed by atoms with Crippen LogP contribution in [0.1, 0.15) is 12.8 Å². The average Bonchev–Trinajstić information content (AvgIpc) is 3.85. The van der Waals surface area contributed by atoms with Crippen LogP contribution in [0.2, 0.25) is 0 Å². The van der Waals surface area contributed by atoms with E-state index in [4.69, 9.17) is 13.8 Å². The Labute approximate surface area is 317 Å². The molecule has 0 saturated heterocycles. The van der Waals surface area contributed by atoms with E-state index in [1.54, 1.807) is 0 Å². The summed E-state index contributed by atoms with van der Waals surface area (Å²) in [7, 11) is 0. The number of aromatic nitrogens is 1. The van der Waals surface area contributed by atoms with Crippen molar-refractivity contribution in [2.75, 3.05) is 4.90 Å². The first-order valence-corrected chi connectivity index (χ1v) is 18.9. The van der Waals surface area contributed by atoms with Crippen molar-refractivity contribution in [1.82, 2.24) is 4.98 Å². The van der Waals surface area contributed by atoms with Crippen molar-refractivity contribution >= 4 is 66.0 Å². The molecule has 0 atom stereocenters. The Morgan fingerprint density at radius 1 is 0.527 bits per heavy atom. The summed E-state index contributed by atoms with van der Waals surface area (Å²) in [5.41, 5.74) is 12.2. The average molecular weight is 707 g/mol. The minimum Gasteiger partial charge on any atom is -0.455 e. The van der Waals surface area contributed by atoms with Crippen LogP contribution in [0.3, 0.4) is 0 Å². The fourth-order valence-electron chi connectivity index (χ4n) is 8.38. The Balaban J connectivity index is 1.12. The Bertz CT molecular complexity index is 3110. The van der Waals surface area contributed by atoms with Crippen LogP contribution < -0.4 is 4.90 Å². The number of oxazole rings is 1. The number of hydrogen-bond acceptors (Lipinski definition) is 4. The number of anilines is 2. The van der Waals surface area contributed by atoms with E-state index in [2.05, 4.69) is 163 Å². The maximum absolute atomic E-state index is 6.83. The largest absolute Gasteiger partial charge is 0.455 e. The molecule has 11 rings (SSSR count). The summed E-state index contributed by atoms with van der Waals surface area (Å²) in [5.74, 6) is 0.557. The second-order valence-corrected chi connectivity index (χ2v) is 14.2. The summed E-state index contributed by atoms with van der Waals surface area (Å²) in [6.07, 6.45) is 8.95. The molecule has 0 amide bonds. The van der Waals surface area contributed by atoms with Gasteiger partial charge in [0, 0.05) is 27.5 Å². The molecular formula is C51H34N2O2. The van der Waals surface area contributed by atoms with Gasteiger partial charge >= 0.3 is 0 Å². The van der Waals surface area contributed by atoms with E-state index in [0.717, 1.165) is 84.7 Å². The van der Waals surface area contributed by atoms with E-state index >= 15 is 0 Å². The van der Waals surface area contributed by atoms with Crippen molar-refractivity contribution in [2.24, 2.45) is 0 Å². The molecule has 8 aromatic carbocycles. The lowest BCUT2D eigenvalue weighted by Crippen LogP contribution is -2.16. The van der Waals surface area contributed by atoms with Crippen molar-refractivity contribution in [3.05, 3.63) is 188 Å². The summed E-state index contributed by atoms with van der Waals surface area (Å²) in [6.45, 7) is 0. The SMILES string of the molecule is C1=CC(N(c2ccc(-c3ccccc3)cc2)c2ccc(-c3cccc4oc5c(-c6nc7ccccc7o6)c6ccccc6cc5c34)c3ccccc23)=CCC1. The number of allylic oxidation sites excluding steroid dienone is 3. The number of furan rings is 1. The highest BCUT2D eigenvalue weighted by Gasteiger charge is 2.24. The van der Waals surface area contributed by atoms with E-state index < -0.39 is 0 Å². The zero-order valence-electron chi connectivity index (χ0n) is 29.9. The molecule has 0 fully saturated rings. The van der Waals surface area contributed by atoms with Crippen LogP contribution in [0, 0.1) is 0 Å². The molecule has 1 aliphatic rings. The van der Waals surface area contributed by atoms with Crippen molar-refractivity contribution in [2.45, 2.75) is 12.8 Å². The fraction of sp³-hybridized carbons (Fsp3) is 0.0392. The summed E-state index contributed by atoms with van der Waals surface area (Å²) < 4.78 is 13.2. The molecule has 0 aliphatic heterocycles. The topological polar surface area (TPSA) is 42.4 Å². The van der Waals surface area contributed by atoms with Gasteiger partial charge in [-0.25, -0.2) is 4.98 Å². The first-order chi connectivity index (χ1) is 27.3. The maximum atomic E-state index is 6.83. The van der Waals surface area contributed by atoms with Crippen molar-refractivity contribution in [3.63, 3.8) is 0 Å². The van der Waals surface area contributed by atoms with Gasteiger partial charge in [-0.2, -0.15) is 0 Å². The highest BCUT2D eigenvalue weighted by molar-refractivity contribution is 6.22. The second-order valence-electron chi connectivity index (χ2n) is 14.2. The van der Waals surface area contributed by atoms with Gasteiger partial charge in [0.25, 0.3) is 0 Å². The third kappa shape index (κ3) is 5.18. The Morgan fingerprint density at radius 3 is 2.11 bits per heavy atom. The van der Waals surface area contributed by atoms with E-state index in [0.29, 0.717) is 5.89 Å². The standard InChI is InChI=1S/C51H34N2O2/c1-3-14-33(15-4-1)34-26-28-37(29-27-34)53(36-17-5-2-6-18-36)45-31-30-40(39-20-9-10-21-41(39)45)42-22-13-25-47-48(42)43-32-35-16-7-8-19-38(35)49(50(43)54-47)51-52-44-23-11-12-24-46(44)55-51/h1,3-5,7-32H,2,6H2. The van der Waals surface area contributed by atoms with Crippen LogP contribution in [0.25, 0.3) is 88.3 Å². The minimum absolute atomic E-state index is 0.557. The quantitative estimate of drug-likeness (QED) is 0.173. The van der Waals surface area contributed by atoms with Gasteiger partial charge in [-0.3, -0.25) is 0 Å². The fourth-order valence-corrected chi connectivity index (χ4v) is 8.38. The normalized spacial score (nSPS) is 13.0. The Kier molecular flexibility index (Phi) is 7.27. The van der Waals surface area contributed by atoms with E-state index in [1.165, 1.54) is 27.6 Å². The van der Waals surface area contributed by atoms with Gasteiger partial charge in [-0.1, -0.05) is 133 Å². The van der Waals surface area contributed by atoms with Crippen LogP contribution in [0.5, 0.6) is 0 Å². The number of para-hydroxylation sites is 2. The van der Waals surface area contributed by atoms with Crippen molar-refractivity contribution < 1.29 is 8.83 Å². The molecule has 10 aromatic rings. The molecular weight excluding hydrogens is 673 g/mol. The predicted octanol–water partition coefficient (Wildman–Crippen LogP) is 14.4. The number of fused-ring (bicyclic) bond motifs is 6. The lowest BCUT2D eigenvalue weighted by atomic mass is 9.92. The molecule has 0 spiro atoms. The molecule has 0 saturated carbocycles. The molecule has 0 N–H and O–H groups in total. The monoisotopic (exact) mass is 706 g/mol. The summed E-state index contributed by atoms with van der Waals surface area (Å²) in [6, 6.07) is 57.8. The first-order valence-electron chi connectivity index (χ1n) is 18.9. The third-order valence-corrected chi connectivity index (χ3v) is 10.9. The first kappa shape index (κ1) is 31.4. The molecule has 1 aliphatic carbocycles. The van der Waals surface area contributed by atoms with Gasteiger partial charge in [0.15, 0.2) is 5.58 Å². The van der Waals surface area contributed by atoms with Crippen LogP contribution in [-0.2, 0) is 0 Å². The van der Waals surface area contributed by atoms with Crippen molar-refractivity contribution in [3.8, 4) is 33.7 Å². The molecule has 0 bridgehead atoms. The van der Waals surface area contributed by atoms with E-state index in [1.807, 2.05) is 24.3 Å². The Morgan fingerprint density at radius 2 is 1.27 bits per heavy atom.